The fourth-order valence-corrected chi connectivity index (χ4v) is 3.81. The number of para-hydroxylation sites is 1. The van der Waals surface area contributed by atoms with Crippen molar-refractivity contribution >= 4 is 35.1 Å². The smallest absolute Gasteiger partial charge is 0.323 e. The number of aryl methyl sites for hydroxylation is 1. The maximum Gasteiger partial charge on any atom is 0.325 e. The molecule has 6 nitrogen and oxygen atoms in total. The Hall–Kier alpha value is -2.86. The van der Waals surface area contributed by atoms with Crippen LogP contribution in [-0.2, 0) is 21.5 Å². The van der Waals surface area contributed by atoms with Gasteiger partial charge in [0.1, 0.15) is 12.1 Å². The Morgan fingerprint density at radius 3 is 2.69 bits per heavy atom. The van der Waals surface area contributed by atoms with E-state index in [4.69, 9.17) is 11.6 Å². The van der Waals surface area contributed by atoms with Gasteiger partial charge in [-0.1, -0.05) is 48.0 Å². The Morgan fingerprint density at radius 2 is 1.88 bits per heavy atom. The van der Waals surface area contributed by atoms with Crippen LogP contribution in [0.2, 0.25) is 5.02 Å². The molecule has 1 heterocycles. The standard InChI is InChI=1S/C19H16ClN3O3/c20-14-7-3-4-8-15(14)21-16(24)11-23-17(25)19(22-18(23)26)10-9-12-5-1-2-6-13(12)19/h1-8H,9-11H2,(H,21,24)(H,22,26)/t19-/m0/s1. The van der Waals surface area contributed by atoms with Crippen molar-refractivity contribution in [3.8, 4) is 0 Å². The molecule has 2 aromatic rings. The van der Waals surface area contributed by atoms with E-state index < -0.39 is 17.5 Å². The summed E-state index contributed by atoms with van der Waals surface area (Å²) >= 11 is 6.02. The quantitative estimate of drug-likeness (QED) is 0.816. The molecule has 1 aliphatic carbocycles. The Labute approximate surface area is 155 Å². The lowest BCUT2D eigenvalue weighted by molar-refractivity contribution is -0.134. The van der Waals surface area contributed by atoms with Gasteiger partial charge in [0.25, 0.3) is 5.91 Å². The van der Waals surface area contributed by atoms with Gasteiger partial charge in [-0.3, -0.25) is 14.5 Å². The van der Waals surface area contributed by atoms with Crippen molar-refractivity contribution < 1.29 is 14.4 Å². The number of hydrogen-bond acceptors (Lipinski definition) is 3. The molecule has 4 amide bonds. The van der Waals surface area contributed by atoms with Gasteiger partial charge in [-0.25, -0.2) is 4.79 Å². The third-order valence-corrected chi connectivity index (χ3v) is 5.20. The van der Waals surface area contributed by atoms with Gasteiger partial charge < -0.3 is 10.6 Å². The predicted molar refractivity (Wildman–Crippen MR) is 96.8 cm³/mol. The molecule has 2 aromatic carbocycles. The number of amides is 4. The number of fused-ring (bicyclic) bond motifs is 2. The lowest BCUT2D eigenvalue weighted by Gasteiger charge is -2.22. The van der Waals surface area contributed by atoms with Gasteiger partial charge >= 0.3 is 6.03 Å². The van der Waals surface area contributed by atoms with E-state index in [2.05, 4.69) is 10.6 Å². The van der Waals surface area contributed by atoms with Crippen molar-refractivity contribution in [3.63, 3.8) is 0 Å². The van der Waals surface area contributed by atoms with E-state index in [1.54, 1.807) is 24.3 Å². The van der Waals surface area contributed by atoms with E-state index in [1.165, 1.54) is 0 Å². The summed E-state index contributed by atoms with van der Waals surface area (Å²) in [5.41, 5.74) is 1.24. The zero-order valence-electron chi connectivity index (χ0n) is 13.8. The number of benzene rings is 2. The summed E-state index contributed by atoms with van der Waals surface area (Å²) in [6.45, 7) is -0.361. The number of imide groups is 1. The van der Waals surface area contributed by atoms with Gasteiger partial charge in [0.2, 0.25) is 5.91 Å². The van der Waals surface area contributed by atoms with E-state index in [0.29, 0.717) is 23.6 Å². The highest BCUT2D eigenvalue weighted by molar-refractivity contribution is 6.33. The lowest BCUT2D eigenvalue weighted by atomic mass is 9.92. The number of nitrogens with one attached hydrogen (secondary N) is 2. The van der Waals surface area contributed by atoms with Gasteiger partial charge in [0, 0.05) is 0 Å². The molecule has 0 aromatic heterocycles. The molecule has 26 heavy (non-hydrogen) atoms. The number of urea groups is 1. The third-order valence-electron chi connectivity index (χ3n) is 4.87. The van der Waals surface area contributed by atoms with Crippen molar-refractivity contribution in [3.05, 3.63) is 64.7 Å². The molecule has 0 bridgehead atoms. The molecule has 2 aliphatic rings. The van der Waals surface area contributed by atoms with Crippen molar-refractivity contribution in [2.45, 2.75) is 18.4 Å². The molecule has 0 saturated carbocycles. The van der Waals surface area contributed by atoms with E-state index in [-0.39, 0.29) is 12.5 Å². The average molecular weight is 370 g/mol. The van der Waals surface area contributed by atoms with Gasteiger partial charge in [-0.15, -0.1) is 0 Å². The summed E-state index contributed by atoms with van der Waals surface area (Å²) in [5.74, 6) is -0.869. The number of carbonyl (C=O) groups is 3. The minimum Gasteiger partial charge on any atom is -0.323 e. The van der Waals surface area contributed by atoms with Crippen LogP contribution in [0, 0.1) is 0 Å². The van der Waals surface area contributed by atoms with Crippen LogP contribution in [0.1, 0.15) is 17.5 Å². The number of carbonyl (C=O) groups excluding carboxylic acids is 3. The van der Waals surface area contributed by atoms with E-state index in [9.17, 15) is 14.4 Å². The van der Waals surface area contributed by atoms with Crippen molar-refractivity contribution in [1.29, 1.82) is 0 Å². The van der Waals surface area contributed by atoms with Gasteiger partial charge in [-0.05, 0) is 36.1 Å². The van der Waals surface area contributed by atoms with Gasteiger partial charge in [0.05, 0.1) is 10.7 Å². The van der Waals surface area contributed by atoms with Gasteiger partial charge in [-0.2, -0.15) is 0 Å². The molecule has 1 aliphatic heterocycles. The van der Waals surface area contributed by atoms with Crippen LogP contribution in [0.4, 0.5) is 10.5 Å². The molecule has 132 valence electrons. The Morgan fingerprint density at radius 1 is 1.15 bits per heavy atom. The maximum atomic E-state index is 13.0. The minimum absolute atomic E-state index is 0.361. The van der Waals surface area contributed by atoms with E-state index in [1.807, 2.05) is 24.3 Å². The lowest BCUT2D eigenvalue weighted by Crippen LogP contribution is -2.43. The zero-order chi connectivity index (χ0) is 18.3. The second kappa shape index (κ2) is 6.14. The second-order valence-electron chi connectivity index (χ2n) is 6.41. The first-order chi connectivity index (χ1) is 12.5. The molecule has 1 fully saturated rings. The van der Waals surface area contributed by atoms with Crippen LogP contribution < -0.4 is 10.6 Å². The molecule has 0 unspecified atom stereocenters. The van der Waals surface area contributed by atoms with Crippen LogP contribution >= 0.6 is 11.6 Å². The zero-order valence-corrected chi connectivity index (χ0v) is 14.5. The number of halogens is 1. The van der Waals surface area contributed by atoms with E-state index >= 15 is 0 Å². The average Bonchev–Trinajstić information content (AvgIpc) is 3.11. The summed E-state index contributed by atoms with van der Waals surface area (Å²) in [6.07, 6.45) is 1.21. The van der Waals surface area contributed by atoms with Crippen LogP contribution in [0.25, 0.3) is 0 Å². The highest BCUT2D eigenvalue weighted by Crippen LogP contribution is 2.41. The molecule has 2 N–H and O–H groups in total. The summed E-state index contributed by atoms with van der Waals surface area (Å²) in [7, 11) is 0. The number of hydrogen-bond donors (Lipinski definition) is 2. The fraction of sp³-hybridized carbons (Fsp3) is 0.211. The fourth-order valence-electron chi connectivity index (χ4n) is 3.63. The van der Waals surface area contributed by atoms with Crippen LogP contribution in [0.5, 0.6) is 0 Å². The monoisotopic (exact) mass is 369 g/mol. The normalized spacial score (nSPS) is 21.0. The molecule has 1 spiro atoms. The highest BCUT2D eigenvalue weighted by Gasteiger charge is 2.55. The minimum atomic E-state index is -1.06. The molecule has 7 heteroatoms. The molecular formula is C19H16ClN3O3. The number of nitrogens with zero attached hydrogens (tertiary/aromatic N) is 1. The first-order valence-electron chi connectivity index (χ1n) is 8.28. The summed E-state index contributed by atoms with van der Waals surface area (Å²) in [6, 6.07) is 13.8. The Bertz CT molecular complexity index is 930. The van der Waals surface area contributed by atoms with Crippen molar-refractivity contribution in [2.75, 3.05) is 11.9 Å². The number of rotatable bonds is 3. The largest absolute Gasteiger partial charge is 0.325 e. The summed E-state index contributed by atoms with van der Waals surface area (Å²) < 4.78 is 0. The van der Waals surface area contributed by atoms with Crippen molar-refractivity contribution in [2.24, 2.45) is 0 Å². The van der Waals surface area contributed by atoms with Gasteiger partial charge in [0.15, 0.2) is 0 Å². The van der Waals surface area contributed by atoms with Crippen LogP contribution in [0.15, 0.2) is 48.5 Å². The predicted octanol–water partition coefficient (Wildman–Crippen LogP) is 2.67. The van der Waals surface area contributed by atoms with E-state index in [0.717, 1.165) is 16.0 Å². The topological polar surface area (TPSA) is 78.5 Å². The molecule has 1 atom stereocenters. The Balaban J connectivity index is 1.54. The first-order valence-corrected chi connectivity index (χ1v) is 8.66. The molecule has 1 saturated heterocycles. The van der Waals surface area contributed by atoms with Crippen LogP contribution in [-0.4, -0.2) is 29.3 Å². The SMILES string of the molecule is O=C(CN1C(=O)N[C@]2(CCc3ccccc32)C1=O)Nc1ccccc1Cl. The second-order valence-corrected chi connectivity index (χ2v) is 6.82. The highest BCUT2D eigenvalue weighted by atomic mass is 35.5. The first kappa shape index (κ1) is 16.6. The van der Waals surface area contributed by atoms with Crippen molar-refractivity contribution in [1.82, 2.24) is 10.2 Å². The summed E-state index contributed by atoms with van der Waals surface area (Å²) in [4.78, 5) is 38.7. The third kappa shape index (κ3) is 2.54. The van der Waals surface area contributed by atoms with Crippen LogP contribution in [0.3, 0.4) is 0 Å². The summed E-state index contributed by atoms with van der Waals surface area (Å²) in [5, 5.41) is 5.82. The maximum absolute atomic E-state index is 13.0. The molecule has 0 radical (unpaired) electrons. The molecular weight excluding hydrogens is 354 g/mol. The molecule has 4 rings (SSSR count). The Kier molecular flexibility index (Phi) is 3.92. The number of anilines is 1.